The van der Waals surface area contributed by atoms with Gasteiger partial charge in [-0.3, -0.25) is 0 Å². The zero-order valence-corrected chi connectivity index (χ0v) is 15.2. The van der Waals surface area contributed by atoms with E-state index in [1.165, 1.54) is 5.56 Å². The molecule has 124 valence electrons. The number of fused-ring (bicyclic) bond motifs is 1. The van der Waals surface area contributed by atoms with Crippen LogP contribution in [0.25, 0.3) is 10.9 Å². The Kier molecular flexibility index (Phi) is 5.48. The van der Waals surface area contributed by atoms with E-state index >= 15 is 0 Å². The van der Waals surface area contributed by atoms with Crippen molar-refractivity contribution in [2.45, 2.75) is 11.9 Å². The van der Waals surface area contributed by atoms with Gasteiger partial charge in [0.1, 0.15) is 17.0 Å². The van der Waals surface area contributed by atoms with E-state index in [1.807, 2.05) is 36.4 Å². The third-order valence-electron chi connectivity index (χ3n) is 3.62. The minimum absolute atomic E-state index is 0.608. The molecule has 0 saturated carbocycles. The number of benzene rings is 2. The number of ether oxygens (including phenoxy) is 2. The second kappa shape index (κ2) is 7.77. The number of pyridine rings is 1. The Bertz CT molecular complexity index is 837. The molecule has 0 radical (unpaired) electrons. The smallest absolute Gasteiger partial charge is 0.145 e. The van der Waals surface area contributed by atoms with Crippen molar-refractivity contribution in [1.82, 2.24) is 4.98 Å². The number of methoxy groups -OCH3 is 1. The lowest BCUT2D eigenvalue weighted by atomic mass is 10.1. The molecule has 0 aliphatic rings. The van der Waals surface area contributed by atoms with E-state index in [-0.39, 0.29) is 0 Å². The molecule has 5 heteroatoms. The number of aromatic nitrogens is 1. The minimum Gasteiger partial charge on any atom is -0.494 e. The predicted octanol–water partition coefficient (Wildman–Crippen LogP) is 5.38. The number of nitrogens with zero attached hydrogens (tertiary/aromatic N) is 1. The number of aryl methyl sites for hydroxylation is 1. The van der Waals surface area contributed by atoms with Crippen LogP contribution in [0.15, 0.2) is 53.6 Å². The van der Waals surface area contributed by atoms with E-state index in [9.17, 15) is 0 Å². The average Bonchev–Trinajstić information content (AvgIpc) is 2.60. The monoisotopic (exact) mass is 359 g/mol. The fraction of sp³-hybridized carbons (Fsp3) is 0.211. The summed E-state index contributed by atoms with van der Waals surface area (Å²) in [6.45, 7) is 2.70. The molecule has 24 heavy (non-hydrogen) atoms. The molecule has 1 aromatic heterocycles. The summed E-state index contributed by atoms with van der Waals surface area (Å²) in [5, 5.41) is 2.81. The first kappa shape index (κ1) is 16.9. The van der Waals surface area contributed by atoms with E-state index in [0.29, 0.717) is 11.6 Å². The molecular formula is C19H18ClNO2S. The summed E-state index contributed by atoms with van der Waals surface area (Å²) in [6, 6.07) is 15.5. The van der Waals surface area contributed by atoms with Crippen LogP contribution in [0.4, 0.5) is 0 Å². The van der Waals surface area contributed by atoms with Crippen LogP contribution in [-0.2, 0) is 0 Å². The Morgan fingerprint density at radius 1 is 1.12 bits per heavy atom. The third-order valence-corrected chi connectivity index (χ3v) is 4.75. The fourth-order valence-electron chi connectivity index (χ4n) is 2.44. The molecule has 0 aliphatic carbocycles. The van der Waals surface area contributed by atoms with Crippen LogP contribution in [0.5, 0.6) is 11.5 Å². The van der Waals surface area contributed by atoms with E-state index < -0.39 is 0 Å². The van der Waals surface area contributed by atoms with Gasteiger partial charge in [-0.25, -0.2) is 4.98 Å². The Morgan fingerprint density at radius 2 is 1.92 bits per heavy atom. The predicted molar refractivity (Wildman–Crippen MR) is 101 cm³/mol. The zero-order valence-electron chi connectivity index (χ0n) is 13.6. The highest BCUT2D eigenvalue weighted by Crippen LogP contribution is 2.29. The van der Waals surface area contributed by atoms with Gasteiger partial charge in [0.15, 0.2) is 0 Å². The van der Waals surface area contributed by atoms with Crippen molar-refractivity contribution in [1.29, 1.82) is 0 Å². The maximum absolute atomic E-state index is 5.86. The number of halogens is 1. The highest BCUT2D eigenvalue weighted by molar-refractivity contribution is 7.99. The SMILES string of the molecule is COc1cccc2c(C)cc(SCCOc3ccc(Cl)cc3)nc12. The molecule has 0 saturated heterocycles. The van der Waals surface area contributed by atoms with E-state index in [0.717, 1.165) is 33.2 Å². The van der Waals surface area contributed by atoms with Gasteiger partial charge in [-0.2, -0.15) is 0 Å². The van der Waals surface area contributed by atoms with Crippen molar-refractivity contribution in [2.75, 3.05) is 19.5 Å². The standard InChI is InChI=1S/C19H18ClNO2S/c1-13-12-18(21-19-16(13)4-3-5-17(19)22-2)24-11-10-23-15-8-6-14(20)7-9-15/h3-9,12H,10-11H2,1-2H3. The summed E-state index contributed by atoms with van der Waals surface area (Å²) in [6.07, 6.45) is 0. The Morgan fingerprint density at radius 3 is 2.67 bits per heavy atom. The molecule has 0 bridgehead atoms. The lowest BCUT2D eigenvalue weighted by Gasteiger charge is -2.10. The molecule has 1 heterocycles. The maximum atomic E-state index is 5.86. The van der Waals surface area contributed by atoms with Gasteiger partial charge in [-0.1, -0.05) is 23.7 Å². The first-order valence-electron chi connectivity index (χ1n) is 7.63. The minimum atomic E-state index is 0.608. The molecule has 3 aromatic rings. The van der Waals surface area contributed by atoms with Gasteiger partial charge < -0.3 is 9.47 Å². The number of para-hydroxylation sites is 1. The molecule has 0 aliphatic heterocycles. The topological polar surface area (TPSA) is 31.4 Å². The van der Waals surface area contributed by atoms with Crippen LogP contribution in [-0.4, -0.2) is 24.5 Å². The highest BCUT2D eigenvalue weighted by atomic mass is 35.5. The van der Waals surface area contributed by atoms with Gasteiger partial charge in [0.2, 0.25) is 0 Å². The molecular weight excluding hydrogens is 342 g/mol. The molecule has 0 unspecified atom stereocenters. The molecule has 0 spiro atoms. The normalized spacial score (nSPS) is 10.8. The second-order valence-corrected chi connectivity index (χ2v) is 6.84. The van der Waals surface area contributed by atoms with Gasteiger partial charge in [0.05, 0.1) is 18.7 Å². The summed E-state index contributed by atoms with van der Waals surface area (Å²) < 4.78 is 11.1. The Labute approximate surface area is 151 Å². The van der Waals surface area contributed by atoms with Crippen molar-refractivity contribution < 1.29 is 9.47 Å². The first-order valence-corrected chi connectivity index (χ1v) is 8.99. The van der Waals surface area contributed by atoms with E-state index in [4.69, 9.17) is 26.1 Å². The Hall–Kier alpha value is -1.91. The van der Waals surface area contributed by atoms with Crippen LogP contribution < -0.4 is 9.47 Å². The lowest BCUT2D eigenvalue weighted by Crippen LogP contribution is -2.00. The van der Waals surface area contributed by atoms with Gasteiger partial charge in [-0.05, 0) is 48.9 Å². The van der Waals surface area contributed by atoms with Crippen LogP contribution in [0.1, 0.15) is 5.56 Å². The second-order valence-electron chi connectivity index (χ2n) is 5.28. The van der Waals surface area contributed by atoms with Crippen molar-refractivity contribution in [3.05, 3.63) is 59.1 Å². The summed E-state index contributed by atoms with van der Waals surface area (Å²) in [5.74, 6) is 2.44. The summed E-state index contributed by atoms with van der Waals surface area (Å²) in [4.78, 5) is 4.73. The summed E-state index contributed by atoms with van der Waals surface area (Å²) >= 11 is 7.54. The molecule has 0 amide bonds. The molecule has 3 rings (SSSR count). The van der Waals surface area contributed by atoms with Gasteiger partial charge in [-0.15, -0.1) is 11.8 Å². The molecule has 0 N–H and O–H groups in total. The van der Waals surface area contributed by atoms with Gasteiger partial charge in [0.25, 0.3) is 0 Å². The maximum Gasteiger partial charge on any atom is 0.145 e. The van der Waals surface area contributed by atoms with Crippen molar-refractivity contribution in [3.63, 3.8) is 0 Å². The number of thioether (sulfide) groups is 1. The molecule has 0 fully saturated rings. The van der Waals surface area contributed by atoms with Crippen molar-refractivity contribution >= 4 is 34.3 Å². The summed E-state index contributed by atoms with van der Waals surface area (Å²) in [5.41, 5.74) is 2.10. The number of rotatable bonds is 6. The van der Waals surface area contributed by atoms with Gasteiger partial charge >= 0.3 is 0 Å². The largest absolute Gasteiger partial charge is 0.494 e. The van der Waals surface area contributed by atoms with E-state index in [1.54, 1.807) is 18.9 Å². The van der Waals surface area contributed by atoms with Crippen LogP contribution >= 0.6 is 23.4 Å². The Balaban J connectivity index is 1.66. The lowest BCUT2D eigenvalue weighted by molar-refractivity contribution is 0.344. The summed E-state index contributed by atoms with van der Waals surface area (Å²) in [7, 11) is 1.67. The van der Waals surface area contributed by atoms with E-state index in [2.05, 4.69) is 19.1 Å². The highest BCUT2D eigenvalue weighted by Gasteiger charge is 2.08. The van der Waals surface area contributed by atoms with Crippen LogP contribution in [0.3, 0.4) is 0 Å². The zero-order chi connectivity index (χ0) is 16.9. The molecule has 3 nitrogen and oxygen atoms in total. The van der Waals surface area contributed by atoms with Crippen molar-refractivity contribution in [2.24, 2.45) is 0 Å². The van der Waals surface area contributed by atoms with Gasteiger partial charge in [0, 0.05) is 16.2 Å². The number of hydrogen-bond donors (Lipinski definition) is 0. The average molecular weight is 360 g/mol. The molecule has 0 atom stereocenters. The fourth-order valence-corrected chi connectivity index (χ4v) is 3.35. The molecule has 2 aromatic carbocycles. The van der Waals surface area contributed by atoms with Crippen LogP contribution in [0.2, 0.25) is 5.02 Å². The van der Waals surface area contributed by atoms with Crippen LogP contribution in [0, 0.1) is 6.92 Å². The number of hydrogen-bond acceptors (Lipinski definition) is 4. The first-order chi connectivity index (χ1) is 11.7. The third kappa shape index (κ3) is 3.94. The quantitative estimate of drug-likeness (QED) is 0.437. The van der Waals surface area contributed by atoms with Crippen molar-refractivity contribution in [3.8, 4) is 11.5 Å².